The van der Waals surface area contributed by atoms with Gasteiger partial charge in [0.25, 0.3) is 0 Å². The van der Waals surface area contributed by atoms with Crippen molar-refractivity contribution in [3.8, 4) is 5.75 Å². The van der Waals surface area contributed by atoms with Gasteiger partial charge in [0.15, 0.2) is 0 Å². The molecule has 32 heavy (non-hydrogen) atoms. The van der Waals surface area contributed by atoms with Crippen LogP contribution in [-0.4, -0.2) is 58.1 Å². The zero-order chi connectivity index (χ0) is 24.1. The van der Waals surface area contributed by atoms with Crippen molar-refractivity contribution in [3.05, 3.63) is 57.5 Å². The van der Waals surface area contributed by atoms with E-state index in [1.54, 1.807) is 6.92 Å². The summed E-state index contributed by atoms with van der Waals surface area (Å²) in [5.74, 6) is -0.537. The first-order chi connectivity index (χ1) is 15.0. The molecule has 0 unspecified atom stereocenters. The van der Waals surface area contributed by atoms with Crippen LogP contribution in [0.25, 0.3) is 0 Å². The van der Waals surface area contributed by atoms with Gasteiger partial charge >= 0.3 is 0 Å². The lowest BCUT2D eigenvalue weighted by molar-refractivity contribution is -0.139. The summed E-state index contributed by atoms with van der Waals surface area (Å²) in [6.45, 7) is 1.20. The Kier molecular flexibility index (Phi) is 8.94. The topological polar surface area (TPSA) is 96.0 Å². The van der Waals surface area contributed by atoms with E-state index in [9.17, 15) is 18.0 Å². The molecule has 174 valence electrons. The molecule has 0 bridgehead atoms. The van der Waals surface area contributed by atoms with Gasteiger partial charge in [-0.1, -0.05) is 39.7 Å². The van der Waals surface area contributed by atoms with Crippen LogP contribution < -0.4 is 14.4 Å². The van der Waals surface area contributed by atoms with Crippen molar-refractivity contribution in [1.82, 2.24) is 10.2 Å². The summed E-state index contributed by atoms with van der Waals surface area (Å²) >= 11 is 9.55. The second kappa shape index (κ2) is 11.0. The number of amides is 2. The number of halogens is 2. The van der Waals surface area contributed by atoms with Crippen molar-refractivity contribution in [2.24, 2.45) is 0 Å². The van der Waals surface area contributed by atoms with E-state index in [-0.39, 0.29) is 23.2 Å². The molecule has 0 heterocycles. The number of likely N-dealkylation sites (N-methyl/N-ethyl adjacent to an activating group) is 1. The largest absolute Gasteiger partial charge is 0.495 e. The maximum Gasteiger partial charge on any atom is 0.244 e. The second-order valence-corrected chi connectivity index (χ2v) is 10.3. The standard InChI is InChI=1S/C21H25BrClN3O5S/c1-14(21(28)24-2)25(12-15-6-5-7-16(22)10-15)20(27)13-26(32(4,29)30)17-8-9-19(31-3)18(23)11-17/h5-11,14H,12-13H2,1-4H3,(H,24,28)/t14-/m0/s1. The van der Waals surface area contributed by atoms with Crippen molar-refractivity contribution in [1.29, 1.82) is 0 Å². The summed E-state index contributed by atoms with van der Waals surface area (Å²) in [5.41, 5.74) is 0.989. The van der Waals surface area contributed by atoms with Crippen LogP contribution in [0.1, 0.15) is 12.5 Å². The molecule has 0 radical (unpaired) electrons. The van der Waals surface area contributed by atoms with Crippen molar-refractivity contribution >= 4 is 55.1 Å². The number of methoxy groups -OCH3 is 1. The lowest BCUT2D eigenvalue weighted by Gasteiger charge is -2.31. The van der Waals surface area contributed by atoms with Gasteiger partial charge in [-0.15, -0.1) is 0 Å². The third-order valence-corrected chi connectivity index (χ3v) is 6.69. The van der Waals surface area contributed by atoms with Crippen LogP contribution in [0.2, 0.25) is 5.02 Å². The van der Waals surface area contributed by atoms with Gasteiger partial charge in [0.1, 0.15) is 18.3 Å². The molecule has 0 spiro atoms. The molecule has 1 N–H and O–H groups in total. The van der Waals surface area contributed by atoms with E-state index in [1.165, 1.54) is 37.3 Å². The van der Waals surface area contributed by atoms with Crippen LogP contribution in [0, 0.1) is 0 Å². The number of benzene rings is 2. The Morgan fingerprint density at radius 3 is 2.44 bits per heavy atom. The Morgan fingerprint density at radius 1 is 1.22 bits per heavy atom. The van der Waals surface area contributed by atoms with E-state index < -0.39 is 28.5 Å². The number of ether oxygens (including phenoxy) is 1. The highest BCUT2D eigenvalue weighted by Crippen LogP contribution is 2.30. The van der Waals surface area contributed by atoms with Gasteiger partial charge in [-0.25, -0.2) is 8.42 Å². The van der Waals surface area contributed by atoms with Crippen molar-refractivity contribution in [2.45, 2.75) is 19.5 Å². The van der Waals surface area contributed by atoms with Gasteiger partial charge in [0, 0.05) is 18.1 Å². The Hall–Kier alpha value is -2.30. The van der Waals surface area contributed by atoms with Gasteiger partial charge in [0.2, 0.25) is 21.8 Å². The SMILES string of the molecule is CNC(=O)[C@H](C)N(Cc1cccc(Br)c1)C(=O)CN(c1ccc(OC)c(Cl)c1)S(C)(=O)=O. The maximum absolute atomic E-state index is 13.3. The Bertz CT molecular complexity index is 1100. The Balaban J connectivity index is 2.41. The number of nitrogens with one attached hydrogen (secondary N) is 1. The zero-order valence-electron chi connectivity index (χ0n) is 18.1. The fourth-order valence-corrected chi connectivity index (χ4v) is 4.59. The van der Waals surface area contributed by atoms with Gasteiger partial charge in [-0.05, 0) is 42.8 Å². The van der Waals surface area contributed by atoms with Gasteiger partial charge in [-0.3, -0.25) is 13.9 Å². The van der Waals surface area contributed by atoms with E-state index >= 15 is 0 Å². The van der Waals surface area contributed by atoms with Crippen LogP contribution in [0.15, 0.2) is 46.9 Å². The molecule has 0 aliphatic rings. The molecular weight excluding hydrogens is 522 g/mol. The first-order valence-electron chi connectivity index (χ1n) is 9.54. The number of rotatable bonds is 9. The summed E-state index contributed by atoms with van der Waals surface area (Å²) < 4.78 is 31.9. The number of sulfonamides is 1. The molecule has 0 saturated carbocycles. The number of carbonyl (C=O) groups excluding carboxylic acids is 2. The highest BCUT2D eigenvalue weighted by molar-refractivity contribution is 9.10. The molecule has 0 fully saturated rings. The molecule has 2 amide bonds. The molecule has 11 heteroatoms. The molecular formula is C21H25BrClN3O5S. The Labute approximate surface area is 201 Å². The summed E-state index contributed by atoms with van der Waals surface area (Å²) in [7, 11) is -0.918. The molecule has 2 aromatic carbocycles. The quantitative estimate of drug-likeness (QED) is 0.522. The normalized spacial score (nSPS) is 12.1. The fourth-order valence-electron chi connectivity index (χ4n) is 3.05. The third-order valence-electron chi connectivity index (χ3n) is 4.76. The minimum Gasteiger partial charge on any atom is -0.495 e. The predicted molar refractivity (Wildman–Crippen MR) is 128 cm³/mol. The number of nitrogens with zero attached hydrogens (tertiary/aromatic N) is 2. The maximum atomic E-state index is 13.3. The van der Waals surface area contributed by atoms with Crippen molar-refractivity contribution in [2.75, 3.05) is 31.3 Å². The van der Waals surface area contributed by atoms with Crippen molar-refractivity contribution in [3.63, 3.8) is 0 Å². The molecule has 0 saturated heterocycles. The van der Waals surface area contributed by atoms with Crippen LogP contribution in [-0.2, 0) is 26.2 Å². The first kappa shape index (κ1) is 26.0. The van der Waals surface area contributed by atoms with E-state index in [0.717, 1.165) is 20.6 Å². The zero-order valence-corrected chi connectivity index (χ0v) is 21.3. The van der Waals surface area contributed by atoms with Gasteiger partial charge in [-0.2, -0.15) is 0 Å². The fraction of sp³-hybridized carbons (Fsp3) is 0.333. The number of anilines is 1. The van der Waals surface area contributed by atoms with Gasteiger partial charge in [0.05, 0.1) is 24.1 Å². The summed E-state index contributed by atoms with van der Waals surface area (Å²) in [6.07, 6.45) is 0.999. The average Bonchev–Trinajstić information content (AvgIpc) is 2.73. The lowest BCUT2D eigenvalue weighted by atomic mass is 10.1. The average molecular weight is 547 g/mol. The lowest BCUT2D eigenvalue weighted by Crippen LogP contribution is -2.50. The smallest absolute Gasteiger partial charge is 0.244 e. The van der Waals surface area contributed by atoms with Crippen LogP contribution >= 0.6 is 27.5 Å². The molecule has 0 aliphatic carbocycles. The van der Waals surface area contributed by atoms with Crippen LogP contribution in [0.5, 0.6) is 5.75 Å². The molecule has 2 aromatic rings. The highest BCUT2D eigenvalue weighted by atomic mass is 79.9. The summed E-state index contributed by atoms with van der Waals surface area (Å²) in [5, 5.41) is 2.73. The number of hydrogen-bond acceptors (Lipinski definition) is 5. The molecule has 1 atom stereocenters. The second-order valence-electron chi connectivity index (χ2n) is 7.03. The summed E-state index contributed by atoms with van der Waals surface area (Å²) in [4.78, 5) is 26.9. The van der Waals surface area contributed by atoms with E-state index in [2.05, 4.69) is 21.2 Å². The van der Waals surface area contributed by atoms with Crippen LogP contribution in [0.4, 0.5) is 5.69 Å². The van der Waals surface area contributed by atoms with E-state index in [0.29, 0.717) is 5.75 Å². The minimum absolute atomic E-state index is 0.119. The molecule has 0 aliphatic heterocycles. The molecule has 0 aromatic heterocycles. The van der Waals surface area contributed by atoms with Gasteiger partial charge < -0.3 is 15.0 Å². The predicted octanol–water partition coefficient (Wildman–Crippen LogP) is 3.04. The number of carbonyl (C=O) groups is 2. The third kappa shape index (κ3) is 6.60. The van der Waals surface area contributed by atoms with E-state index in [1.807, 2.05) is 24.3 Å². The monoisotopic (exact) mass is 545 g/mol. The minimum atomic E-state index is -3.84. The van der Waals surface area contributed by atoms with Crippen LogP contribution in [0.3, 0.4) is 0 Å². The molecule has 8 nitrogen and oxygen atoms in total. The summed E-state index contributed by atoms with van der Waals surface area (Å²) in [6, 6.07) is 10.9. The highest BCUT2D eigenvalue weighted by Gasteiger charge is 2.30. The first-order valence-corrected chi connectivity index (χ1v) is 12.6. The van der Waals surface area contributed by atoms with E-state index in [4.69, 9.17) is 16.3 Å². The molecule has 2 rings (SSSR count). The Morgan fingerprint density at radius 2 is 1.91 bits per heavy atom. The van der Waals surface area contributed by atoms with Crippen molar-refractivity contribution < 1.29 is 22.7 Å². The number of hydrogen-bond donors (Lipinski definition) is 1.